The maximum Gasteiger partial charge on any atom is 0.0484 e. The predicted molar refractivity (Wildman–Crippen MR) is 51.0 cm³/mol. The van der Waals surface area contributed by atoms with Gasteiger partial charge in [0.2, 0.25) is 0 Å². The molecule has 12 heavy (non-hydrogen) atoms. The second kappa shape index (κ2) is 6.44. The van der Waals surface area contributed by atoms with Gasteiger partial charge in [0.15, 0.2) is 0 Å². The third kappa shape index (κ3) is 4.73. The van der Waals surface area contributed by atoms with Gasteiger partial charge in [-0.2, -0.15) is 0 Å². The molecule has 1 atom stereocenters. The lowest BCUT2D eigenvalue weighted by atomic mass is 9.82. The van der Waals surface area contributed by atoms with Crippen molar-refractivity contribution >= 4 is 0 Å². The molecule has 0 aliphatic heterocycles. The average molecular weight is 174 g/mol. The van der Waals surface area contributed by atoms with Gasteiger partial charge in [-0.3, -0.25) is 0 Å². The third-order valence-corrected chi connectivity index (χ3v) is 2.42. The topological polar surface area (TPSA) is 40.5 Å². The number of rotatable bonds is 7. The molecule has 0 rings (SSSR count). The Hall–Kier alpha value is -0.0800. The molecule has 2 N–H and O–H groups in total. The molecule has 1 unspecified atom stereocenters. The number of hydrogen-bond donors (Lipinski definition) is 2. The van der Waals surface area contributed by atoms with Crippen molar-refractivity contribution in [3.05, 3.63) is 0 Å². The van der Waals surface area contributed by atoms with Crippen LogP contribution in [0, 0.1) is 5.41 Å². The molecule has 74 valence electrons. The summed E-state index contributed by atoms with van der Waals surface area (Å²) in [5, 5.41) is 17.8. The number of aliphatic hydroxyl groups is 2. The SMILES string of the molecule is CCCC(C)(CO)CCCCO. The normalized spacial score (nSPS) is 16.0. The molecular weight excluding hydrogens is 152 g/mol. The van der Waals surface area contributed by atoms with E-state index in [0.717, 1.165) is 32.1 Å². The zero-order chi connectivity index (χ0) is 9.45. The molecule has 0 heterocycles. The van der Waals surface area contributed by atoms with Crippen molar-refractivity contribution in [3.63, 3.8) is 0 Å². The van der Waals surface area contributed by atoms with E-state index < -0.39 is 0 Å². The van der Waals surface area contributed by atoms with Crippen molar-refractivity contribution in [2.45, 2.75) is 46.0 Å². The first-order chi connectivity index (χ1) is 5.68. The lowest BCUT2D eigenvalue weighted by Gasteiger charge is -2.26. The molecule has 0 aromatic rings. The summed E-state index contributed by atoms with van der Waals surface area (Å²) in [7, 11) is 0. The lowest BCUT2D eigenvalue weighted by Crippen LogP contribution is -2.21. The summed E-state index contributed by atoms with van der Waals surface area (Å²) in [6, 6.07) is 0. The molecule has 0 amide bonds. The Morgan fingerprint density at radius 1 is 1.08 bits per heavy atom. The van der Waals surface area contributed by atoms with E-state index >= 15 is 0 Å². The molecule has 2 heteroatoms. The Kier molecular flexibility index (Phi) is 6.39. The first-order valence-corrected chi connectivity index (χ1v) is 4.90. The average Bonchev–Trinajstić information content (AvgIpc) is 2.06. The molecule has 0 radical (unpaired) electrons. The zero-order valence-corrected chi connectivity index (χ0v) is 8.34. The summed E-state index contributed by atoms with van der Waals surface area (Å²) >= 11 is 0. The fraction of sp³-hybridized carbons (Fsp3) is 1.00. The monoisotopic (exact) mass is 174 g/mol. The standard InChI is InChI=1S/C10H22O2/c1-3-6-10(2,9-12)7-4-5-8-11/h11-12H,3-9H2,1-2H3. The van der Waals surface area contributed by atoms with Gasteiger partial charge >= 0.3 is 0 Å². The van der Waals surface area contributed by atoms with Crippen LogP contribution >= 0.6 is 0 Å². The molecular formula is C10H22O2. The largest absolute Gasteiger partial charge is 0.396 e. The van der Waals surface area contributed by atoms with Crippen LogP contribution in [0.3, 0.4) is 0 Å². The van der Waals surface area contributed by atoms with Crippen LogP contribution < -0.4 is 0 Å². The summed E-state index contributed by atoms with van der Waals surface area (Å²) in [6.45, 7) is 4.80. The van der Waals surface area contributed by atoms with Crippen molar-refractivity contribution in [1.82, 2.24) is 0 Å². The molecule has 0 spiro atoms. The van der Waals surface area contributed by atoms with Crippen molar-refractivity contribution in [3.8, 4) is 0 Å². The molecule has 0 bridgehead atoms. The number of unbranched alkanes of at least 4 members (excludes halogenated alkanes) is 1. The van der Waals surface area contributed by atoms with Gasteiger partial charge in [0.05, 0.1) is 0 Å². The Labute approximate surface area is 75.6 Å². The van der Waals surface area contributed by atoms with Gasteiger partial charge in [-0.1, -0.05) is 26.7 Å². The highest BCUT2D eigenvalue weighted by Gasteiger charge is 2.21. The summed E-state index contributed by atoms with van der Waals surface area (Å²) in [4.78, 5) is 0. The van der Waals surface area contributed by atoms with Crippen LogP contribution in [0.25, 0.3) is 0 Å². The van der Waals surface area contributed by atoms with E-state index in [0.29, 0.717) is 0 Å². The van der Waals surface area contributed by atoms with E-state index in [1.165, 1.54) is 0 Å². The first-order valence-electron chi connectivity index (χ1n) is 4.90. The van der Waals surface area contributed by atoms with E-state index in [4.69, 9.17) is 10.2 Å². The van der Waals surface area contributed by atoms with Crippen LogP contribution in [-0.2, 0) is 0 Å². The third-order valence-electron chi connectivity index (χ3n) is 2.42. The smallest absolute Gasteiger partial charge is 0.0484 e. The maximum atomic E-state index is 9.15. The molecule has 0 aromatic heterocycles. The summed E-state index contributed by atoms with van der Waals surface area (Å²) in [5.41, 5.74) is 0.0872. The number of aliphatic hydroxyl groups excluding tert-OH is 2. The lowest BCUT2D eigenvalue weighted by molar-refractivity contribution is 0.116. The predicted octanol–water partition coefficient (Wildman–Crippen LogP) is 1.95. The van der Waals surface area contributed by atoms with Gasteiger partial charge in [-0.05, 0) is 24.7 Å². The Morgan fingerprint density at radius 3 is 2.17 bits per heavy atom. The Balaban J connectivity index is 3.63. The molecule has 2 nitrogen and oxygen atoms in total. The van der Waals surface area contributed by atoms with Crippen molar-refractivity contribution in [2.24, 2.45) is 5.41 Å². The van der Waals surface area contributed by atoms with Gasteiger partial charge in [-0.15, -0.1) is 0 Å². The van der Waals surface area contributed by atoms with Crippen LogP contribution in [0.4, 0.5) is 0 Å². The van der Waals surface area contributed by atoms with Crippen LogP contribution in [0.5, 0.6) is 0 Å². The van der Waals surface area contributed by atoms with Crippen LogP contribution in [-0.4, -0.2) is 23.4 Å². The van der Waals surface area contributed by atoms with E-state index in [9.17, 15) is 0 Å². The molecule has 0 aliphatic rings. The minimum Gasteiger partial charge on any atom is -0.396 e. The molecule has 0 aromatic carbocycles. The van der Waals surface area contributed by atoms with Crippen molar-refractivity contribution in [1.29, 1.82) is 0 Å². The van der Waals surface area contributed by atoms with Gasteiger partial charge in [0.25, 0.3) is 0 Å². The van der Waals surface area contributed by atoms with Gasteiger partial charge in [0, 0.05) is 13.2 Å². The second-order valence-corrected chi connectivity index (χ2v) is 3.90. The minimum atomic E-state index is 0.0872. The van der Waals surface area contributed by atoms with Gasteiger partial charge < -0.3 is 10.2 Å². The maximum absolute atomic E-state index is 9.15. The summed E-state index contributed by atoms with van der Waals surface area (Å²) in [5.74, 6) is 0. The Bertz CT molecular complexity index is 104. The van der Waals surface area contributed by atoms with E-state index in [1.54, 1.807) is 0 Å². The summed E-state index contributed by atoms with van der Waals surface area (Å²) in [6.07, 6.45) is 5.11. The number of hydrogen-bond acceptors (Lipinski definition) is 2. The molecule has 0 saturated carbocycles. The van der Waals surface area contributed by atoms with Crippen LogP contribution in [0.15, 0.2) is 0 Å². The fourth-order valence-electron chi connectivity index (χ4n) is 1.55. The molecule has 0 aliphatic carbocycles. The highest BCUT2D eigenvalue weighted by molar-refractivity contribution is 4.72. The highest BCUT2D eigenvalue weighted by atomic mass is 16.3. The van der Waals surface area contributed by atoms with E-state index in [1.807, 2.05) is 0 Å². The van der Waals surface area contributed by atoms with Crippen molar-refractivity contribution < 1.29 is 10.2 Å². The van der Waals surface area contributed by atoms with Gasteiger partial charge in [-0.25, -0.2) is 0 Å². The minimum absolute atomic E-state index is 0.0872. The van der Waals surface area contributed by atoms with Crippen LogP contribution in [0.2, 0.25) is 0 Å². The first kappa shape index (κ1) is 11.9. The van der Waals surface area contributed by atoms with Crippen LogP contribution in [0.1, 0.15) is 46.0 Å². The van der Waals surface area contributed by atoms with Gasteiger partial charge in [0.1, 0.15) is 0 Å². The Morgan fingerprint density at radius 2 is 1.75 bits per heavy atom. The second-order valence-electron chi connectivity index (χ2n) is 3.90. The fourth-order valence-corrected chi connectivity index (χ4v) is 1.55. The van der Waals surface area contributed by atoms with Crippen molar-refractivity contribution in [2.75, 3.05) is 13.2 Å². The molecule has 0 saturated heterocycles. The van der Waals surface area contributed by atoms with E-state index in [-0.39, 0.29) is 18.6 Å². The van der Waals surface area contributed by atoms with E-state index in [2.05, 4.69) is 13.8 Å². The highest BCUT2D eigenvalue weighted by Crippen LogP contribution is 2.28. The summed E-state index contributed by atoms with van der Waals surface area (Å²) < 4.78 is 0. The quantitative estimate of drug-likeness (QED) is 0.579. The zero-order valence-electron chi connectivity index (χ0n) is 8.34. The molecule has 0 fully saturated rings.